The molecular formula is C30H18BrClF3N5. The third kappa shape index (κ3) is 5.71. The summed E-state index contributed by atoms with van der Waals surface area (Å²) in [5.41, 5.74) is 7.06. The van der Waals surface area contributed by atoms with Gasteiger partial charge in [0.15, 0.2) is 5.69 Å². The van der Waals surface area contributed by atoms with Crippen LogP contribution < -0.4 is 0 Å². The van der Waals surface area contributed by atoms with Crippen molar-refractivity contribution in [2.24, 2.45) is 0 Å². The highest BCUT2D eigenvalue weighted by Crippen LogP contribution is 2.36. The molecule has 0 unspecified atom stereocenters. The van der Waals surface area contributed by atoms with Crippen molar-refractivity contribution in [3.8, 4) is 0 Å². The topological polar surface area (TPSA) is 70.2 Å². The number of hydrogen-bond acceptors (Lipinski definition) is 3. The van der Waals surface area contributed by atoms with Crippen LogP contribution in [0.2, 0.25) is 5.02 Å². The van der Waals surface area contributed by atoms with Crippen LogP contribution in [0.15, 0.2) is 77.3 Å². The second kappa shape index (κ2) is 10.4. The predicted octanol–water partition coefficient (Wildman–Crippen LogP) is 9.33. The zero-order valence-electron chi connectivity index (χ0n) is 20.5. The molecule has 8 bridgehead atoms. The average Bonchev–Trinajstić information content (AvgIpc) is 3.70. The van der Waals surface area contributed by atoms with Gasteiger partial charge in [0.25, 0.3) is 0 Å². The summed E-state index contributed by atoms with van der Waals surface area (Å²) in [5, 5.41) is 0.160. The van der Waals surface area contributed by atoms with Crippen molar-refractivity contribution < 1.29 is 13.2 Å². The van der Waals surface area contributed by atoms with E-state index in [4.69, 9.17) is 11.6 Å². The molecule has 198 valence electrons. The molecule has 5 aromatic rings. The zero-order chi connectivity index (χ0) is 27.9. The van der Waals surface area contributed by atoms with Gasteiger partial charge >= 0.3 is 6.18 Å². The van der Waals surface area contributed by atoms with Gasteiger partial charge in [-0.05, 0) is 91.0 Å². The first kappa shape index (κ1) is 26.0. The number of halogens is 5. The van der Waals surface area contributed by atoms with Gasteiger partial charge in [0.05, 0.1) is 33.3 Å². The Bertz CT molecular complexity index is 1810. The summed E-state index contributed by atoms with van der Waals surface area (Å²) in [6.07, 6.45) is 3.56. The Hall–Kier alpha value is -4.21. The minimum atomic E-state index is -4.53. The molecule has 1 aromatic carbocycles. The van der Waals surface area contributed by atoms with Crippen molar-refractivity contribution in [1.29, 1.82) is 0 Å². The molecule has 0 radical (unpaired) electrons. The highest BCUT2D eigenvalue weighted by molar-refractivity contribution is 9.10. The number of nitrogens with one attached hydrogen (secondary N) is 2. The normalized spacial score (nSPS) is 12.4. The van der Waals surface area contributed by atoms with Crippen LogP contribution in [-0.2, 0) is 6.18 Å². The third-order valence-electron chi connectivity index (χ3n) is 6.07. The maximum absolute atomic E-state index is 12.5. The van der Waals surface area contributed by atoms with Crippen LogP contribution in [0.5, 0.6) is 0 Å². The molecule has 0 spiro atoms. The molecule has 7 rings (SSSR count). The van der Waals surface area contributed by atoms with Crippen LogP contribution in [0.3, 0.4) is 0 Å². The lowest BCUT2D eigenvalue weighted by atomic mass is 10.2. The van der Waals surface area contributed by atoms with Gasteiger partial charge in [-0.25, -0.2) is 15.0 Å². The minimum Gasteiger partial charge on any atom is -0.355 e. The van der Waals surface area contributed by atoms with Gasteiger partial charge in [0, 0.05) is 31.9 Å². The van der Waals surface area contributed by atoms with E-state index in [0.717, 1.165) is 44.8 Å². The number of alkyl halides is 3. The van der Waals surface area contributed by atoms with Gasteiger partial charge in [-0.3, -0.25) is 0 Å². The van der Waals surface area contributed by atoms with E-state index < -0.39 is 16.9 Å². The third-order valence-corrected chi connectivity index (χ3v) is 7.05. The number of nitrogens with zero attached hydrogens (tertiary/aromatic N) is 3. The van der Waals surface area contributed by atoms with Crippen LogP contribution in [-0.4, -0.2) is 24.9 Å². The first-order valence-electron chi connectivity index (χ1n) is 12.1. The summed E-state index contributed by atoms with van der Waals surface area (Å²) < 4.78 is 38.2. The smallest absolute Gasteiger partial charge is 0.355 e. The van der Waals surface area contributed by atoms with Gasteiger partial charge in [-0.15, -0.1) is 0 Å². The fraction of sp³-hybridized carbons (Fsp3) is 0.0333. The summed E-state index contributed by atoms with van der Waals surface area (Å²) in [6.45, 7) is 0. The Morgan fingerprint density at radius 2 is 1.07 bits per heavy atom. The molecule has 0 atom stereocenters. The van der Waals surface area contributed by atoms with Crippen molar-refractivity contribution in [2.45, 2.75) is 6.18 Å². The first-order chi connectivity index (χ1) is 19.2. The number of rotatable bonds is 0. The van der Waals surface area contributed by atoms with E-state index in [1.165, 1.54) is 12.1 Å². The monoisotopic (exact) mass is 619 g/mol. The number of fused-ring (bicyclic) bond motifs is 9. The molecule has 0 saturated carbocycles. The summed E-state index contributed by atoms with van der Waals surface area (Å²) in [5.74, 6) is 0. The number of aromatic amines is 2. The van der Waals surface area contributed by atoms with Crippen LogP contribution in [0, 0.1) is 0 Å². The highest BCUT2D eigenvalue weighted by atomic mass is 79.9. The molecule has 0 aliphatic carbocycles. The second-order valence-electron chi connectivity index (χ2n) is 9.03. The Balaban J connectivity index is 0.000000158. The Labute approximate surface area is 239 Å². The Morgan fingerprint density at radius 1 is 0.625 bits per heavy atom. The quantitative estimate of drug-likeness (QED) is 0.178. The molecule has 2 aliphatic heterocycles. The van der Waals surface area contributed by atoms with E-state index in [-0.39, 0.29) is 5.52 Å². The fourth-order valence-corrected chi connectivity index (χ4v) is 5.01. The second-order valence-corrected chi connectivity index (χ2v) is 10.3. The van der Waals surface area contributed by atoms with Crippen LogP contribution in [0.4, 0.5) is 13.2 Å². The van der Waals surface area contributed by atoms with E-state index in [1.807, 2.05) is 48.6 Å². The molecular weight excluding hydrogens is 603 g/mol. The maximum atomic E-state index is 12.5. The largest absolute Gasteiger partial charge is 0.434 e. The van der Waals surface area contributed by atoms with Crippen molar-refractivity contribution >= 4 is 84.8 Å². The molecule has 2 aliphatic rings. The number of hydrogen-bond donors (Lipinski definition) is 2. The maximum Gasteiger partial charge on any atom is 0.434 e. The summed E-state index contributed by atoms with van der Waals surface area (Å²) >= 11 is 8.78. The molecule has 40 heavy (non-hydrogen) atoms. The number of benzene rings is 1. The number of aromatic nitrogens is 5. The van der Waals surface area contributed by atoms with E-state index in [9.17, 15) is 13.2 Å². The number of pyridine rings is 1. The molecule has 5 nitrogen and oxygen atoms in total. The zero-order valence-corrected chi connectivity index (χ0v) is 22.8. The van der Waals surface area contributed by atoms with Crippen molar-refractivity contribution in [1.82, 2.24) is 24.9 Å². The summed E-state index contributed by atoms with van der Waals surface area (Å²) in [6, 6.07) is 22.5. The lowest BCUT2D eigenvalue weighted by Crippen LogP contribution is -2.08. The van der Waals surface area contributed by atoms with E-state index in [1.54, 1.807) is 12.1 Å². The fourth-order valence-electron chi connectivity index (χ4n) is 4.28. The van der Waals surface area contributed by atoms with E-state index in [0.29, 0.717) is 9.86 Å². The molecule has 0 saturated heterocycles. The Kier molecular flexibility index (Phi) is 6.77. The minimum absolute atomic E-state index is 0.256. The van der Waals surface area contributed by atoms with Gasteiger partial charge < -0.3 is 9.97 Å². The van der Waals surface area contributed by atoms with Crippen molar-refractivity contribution in [2.75, 3.05) is 0 Å². The Morgan fingerprint density at radius 3 is 1.50 bits per heavy atom. The lowest BCUT2D eigenvalue weighted by molar-refractivity contribution is -0.140. The van der Waals surface area contributed by atoms with E-state index >= 15 is 0 Å². The first-order valence-corrected chi connectivity index (χ1v) is 13.2. The lowest BCUT2D eigenvalue weighted by Gasteiger charge is -2.09. The van der Waals surface area contributed by atoms with Gasteiger partial charge in [0.2, 0.25) is 0 Å². The summed E-state index contributed by atoms with van der Waals surface area (Å²) in [4.78, 5) is 19.5. The van der Waals surface area contributed by atoms with Gasteiger partial charge in [0.1, 0.15) is 0 Å². The molecule has 0 fully saturated rings. The van der Waals surface area contributed by atoms with Gasteiger partial charge in [-0.2, -0.15) is 13.2 Å². The molecule has 6 heterocycles. The highest BCUT2D eigenvalue weighted by Gasteiger charge is 2.35. The molecule has 0 amide bonds. The number of H-pyrrole nitrogens is 2. The molecule has 4 aromatic heterocycles. The van der Waals surface area contributed by atoms with Crippen LogP contribution in [0.1, 0.15) is 28.5 Å². The van der Waals surface area contributed by atoms with Gasteiger partial charge in [-0.1, -0.05) is 33.6 Å². The predicted molar refractivity (Wildman–Crippen MR) is 158 cm³/mol. The van der Waals surface area contributed by atoms with Crippen LogP contribution >= 0.6 is 27.5 Å². The van der Waals surface area contributed by atoms with Crippen molar-refractivity contribution in [3.63, 3.8) is 0 Å². The summed E-state index contributed by atoms with van der Waals surface area (Å²) in [7, 11) is 0. The standard InChI is InChI=1S/C20H14N4.C10H4BrClF3N/c1-2-14-10-16-5-6-18(23-16)12-20-8-7-19(24-20)11-17-4-3-15(22-17)9-13(1)21-14;11-6-2-1-3-8-5(6)4-7(12)9(16-8)10(13,14)15/h1-12,21,24H;1-4H. The molecule has 2 N–H and O–H groups in total. The van der Waals surface area contributed by atoms with Crippen molar-refractivity contribution in [3.05, 3.63) is 111 Å². The van der Waals surface area contributed by atoms with Crippen LogP contribution in [0.25, 0.3) is 57.3 Å². The van der Waals surface area contributed by atoms with E-state index in [2.05, 4.69) is 65.1 Å². The molecule has 10 heteroatoms. The SMILES string of the molecule is C1=Cc2cc3ccc(cc4nc(cc5ccc(cc1n2)[nH]5)C=C4)[nH]3.FC(F)(F)c1nc2cccc(Br)c2cc1Cl. The average molecular weight is 621 g/mol.